The Balaban J connectivity index is 1.22. The van der Waals surface area contributed by atoms with E-state index in [2.05, 4.69) is 159 Å². The fourth-order valence-corrected chi connectivity index (χ4v) is 8.08. The van der Waals surface area contributed by atoms with Crippen molar-refractivity contribution in [3.05, 3.63) is 131 Å². The molecule has 230 valence electrons. The van der Waals surface area contributed by atoms with Crippen LogP contribution >= 0.6 is 18.4 Å². The lowest BCUT2D eigenvalue weighted by Gasteiger charge is -2.16. The summed E-state index contributed by atoms with van der Waals surface area (Å²) >= 11 is 0. The Hall–Kier alpha value is -4.64. The summed E-state index contributed by atoms with van der Waals surface area (Å²) in [6, 6.07) is 38.3. The Morgan fingerprint density at radius 3 is 1.54 bits per heavy atom. The zero-order valence-corrected chi connectivity index (χ0v) is 28.7. The molecule has 0 amide bonds. The molecule has 0 aliphatic heterocycles. The first-order chi connectivity index (χ1) is 21.9. The molecule has 0 heterocycles. The summed E-state index contributed by atoms with van der Waals surface area (Å²) in [6.45, 7) is 4.29. The van der Waals surface area contributed by atoms with Crippen LogP contribution in [0.2, 0.25) is 0 Å². The van der Waals surface area contributed by atoms with Crippen LogP contribution in [0, 0.1) is 13.8 Å². The first-order valence-electron chi connectivity index (χ1n) is 15.1. The molecule has 0 aliphatic carbocycles. The summed E-state index contributed by atoms with van der Waals surface area (Å²) in [7, 11) is -2.81. The summed E-state index contributed by atoms with van der Waals surface area (Å²) in [5.74, 6) is 17.5. The van der Waals surface area contributed by atoms with Gasteiger partial charge < -0.3 is 0 Å². The van der Waals surface area contributed by atoms with E-state index < -0.39 is 18.4 Å². The molecule has 0 aliphatic rings. The molecule has 0 fully saturated rings. The average Bonchev–Trinajstić information content (AvgIpc) is 3.04. The van der Waals surface area contributed by atoms with Crippen LogP contribution in [0.1, 0.15) is 22.3 Å². The molecule has 4 heteroatoms. The van der Waals surface area contributed by atoms with Gasteiger partial charge in [-0.15, -0.1) is 0 Å². The number of fused-ring (bicyclic) bond motifs is 2. The third kappa shape index (κ3) is 6.37. The van der Waals surface area contributed by atoms with Gasteiger partial charge in [0.2, 0.25) is 0 Å². The number of hydrogen-bond acceptors (Lipinski definition) is 2. The van der Waals surface area contributed by atoms with Gasteiger partial charge in [-0.2, -0.15) is 18.4 Å². The standard InChI is InChI=1S/C42H40N2S2/c1-29-34(25-41(45(3,4)5)38-15-11-9-13-36(29)38)28-43-35-23-21-33(22-24-35)32-19-17-31(18-20-32)27-44-40-26-42(46(6,7)8)39-16-12-10-14-37(39)30(40)2/h9-28H,3-4,6-7H2,1-2,5,8H3. The van der Waals surface area contributed by atoms with E-state index in [-0.39, 0.29) is 0 Å². The second-order valence-corrected chi connectivity index (χ2v) is 18.4. The Labute approximate surface area is 274 Å². The molecule has 6 aromatic rings. The number of aliphatic imine (C=N–C) groups is 2. The fraction of sp³-hybridized carbons (Fsp3) is 0.0952. The molecular formula is C42H40N2S2. The summed E-state index contributed by atoms with van der Waals surface area (Å²) in [6.07, 6.45) is 8.17. The number of hydrogen-bond donors (Lipinski definition) is 0. The van der Waals surface area contributed by atoms with Gasteiger partial charge in [0.25, 0.3) is 0 Å². The molecular weight excluding hydrogens is 597 g/mol. The van der Waals surface area contributed by atoms with Crippen LogP contribution < -0.4 is 0 Å². The highest BCUT2D eigenvalue weighted by Crippen LogP contribution is 2.41. The minimum atomic E-state index is -1.41. The molecule has 0 bridgehead atoms. The van der Waals surface area contributed by atoms with E-state index in [1.54, 1.807) is 0 Å². The van der Waals surface area contributed by atoms with E-state index in [4.69, 9.17) is 9.98 Å². The zero-order chi connectivity index (χ0) is 32.6. The smallest absolute Gasteiger partial charge is 0.0676 e. The van der Waals surface area contributed by atoms with Crippen LogP contribution in [0.25, 0.3) is 32.7 Å². The van der Waals surface area contributed by atoms with Crippen LogP contribution in [-0.4, -0.2) is 48.4 Å². The zero-order valence-electron chi connectivity index (χ0n) is 27.1. The van der Waals surface area contributed by atoms with Crippen LogP contribution in [-0.2, 0) is 0 Å². The summed E-state index contributed by atoms with van der Waals surface area (Å²) in [5.41, 5.74) is 8.69. The van der Waals surface area contributed by atoms with E-state index in [1.165, 1.54) is 42.5 Å². The van der Waals surface area contributed by atoms with Gasteiger partial charge in [-0.3, -0.25) is 9.98 Å². The maximum absolute atomic E-state index is 4.91. The monoisotopic (exact) mass is 636 g/mol. The van der Waals surface area contributed by atoms with Crippen LogP contribution in [0.5, 0.6) is 0 Å². The van der Waals surface area contributed by atoms with Gasteiger partial charge >= 0.3 is 0 Å². The first-order valence-corrected chi connectivity index (χ1v) is 19.9. The summed E-state index contributed by atoms with van der Waals surface area (Å²) in [5, 5.41) is 4.89. The van der Waals surface area contributed by atoms with E-state index in [0.717, 1.165) is 33.6 Å². The van der Waals surface area contributed by atoms with Crippen LogP contribution in [0.4, 0.5) is 11.4 Å². The third-order valence-corrected chi connectivity index (χ3v) is 11.2. The Kier molecular flexibility index (Phi) is 8.37. The molecule has 0 saturated carbocycles. The van der Waals surface area contributed by atoms with E-state index in [1.807, 2.05) is 12.4 Å². The molecule has 46 heavy (non-hydrogen) atoms. The lowest BCUT2D eigenvalue weighted by atomic mass is 10.0. The van der Waals surface area contributed by atoms with Crippen molar-refractivity contribution in [2.45, 2.75) is 23.6 Å². The Morgan fingerprint density at radius 1 is 0.522 bits per heavy atom. The fourth-order valence-electron chi connectivity index (χ4n) is 5.85. The quantitative estimate of drug-likeness (QED) is 0.123. The molecule has 0 N–H and O–H groups in total. The molecule has 0 atom stereocenters. The molecule has 2 nitrogen and oxygen atoms in total. The van der Waals surface area contributed by atoms with Gasteiger partial charge in [-0.25, -0.2) is 0 Å². The van der Waals surface area contributed by atoms with Crippen molar-refractivity contribution in [2.24, 2.45) is 9.98 Å². The van der Waals surface area contributed by atoms with Crippen molar-refractivity contribution in [1.29, 1.82) is 0 Å². The molecule has 6 aromatic carbocycles. The van der Waals surface area contributed by atoms with Crippen molar-refractivity contribution >= 4 is 87.2 Å². The van der Waals surface area contributed by atoms with Gasteiger partial charge in [0.1, 0.15) is 0 Å². The Morgan fingerprint density at radius 2 is 1.00 bits per heavy atom. The predicted octanol–water partition coefficient (Wildman–Crippen LogP) is 11.1. The van der Waals surface area contributed by atoms with Crippen molar-refractivity contribution < 1.29 is 0 Å². The van der Waals surface area contributed by atoms with Crippen molar-refractivity contribution in [3.8, 4) is 11.1 Å². The minimum absolute atomic E-state index is 0.911. The predicted molar refractivity (Wildman–Crippen MR) is 216 cm³/mol. The SMILES string of the molecule is C=S(=C)(C)c1cc(C=Nc2ccc(-c3ccc(C=Nc4cc(S(=C)(=C)C)c5ccccc5c4C)cc3)cc2)c(C)c2ccccc12. The van der Waals surface area contributed by atoms with Crippen molar-refractivity contribution in [3.63, 3.8) is 0 Å². The highest BCUT2D eigenvalue weighted by molar-refractivity contribution is 8.27. The number of benzene rings is 6. The van der Waals surface area contributed by atoms with Gasteiger partial charge in [0.05, 0.1) is 11.4 Å². The van der Waals surface area contributed by atoms with Crippen molar-refractivity contribution in [1.82, 2.24) is 0 Å². The van der Waals surface area contributed by atoms with Gasteiger partial charge in [0.15, 0.2) is 0 Å². The molecule has 0 saturated heterocycles. The number of aryl methyl sites for hydroxylation is 2. The maximum atomic E-state index is 4.91. The van der Waals surface area contributed by atoms with Crippen molar-refractivity contribution in [2.75, 3.05) is 12.5 Å². The number of nitrogens with zero attached hydrogens (tertiary/aromatic N) is 2. The third-order valence-electron chi connectivity index (χ3n) is 8.44. The molecule has 0 aromatic heterocycles. The second-order valence-electron chi connectivity index (χ2n) is 12.4. The maximum Gasteiger partial charge on any atom is 0.0676 e. The number of rotatable bonds is 7. The Bertz CT molecular complexity index is 2220. The van der Waals surface area contributed by atoms with Gasteiger partial charge in [0, 0.05) is 22.2 Å². The van der Waals surface area contributed by atoms with Gasteiger partial charge in [-0.05, 0) is 106 Å². The van der Waals surface area contributed by atoms with E-state index in [0.29, 0.717) is 0 Å². The largest absolute Gasteiger partial charge is 0.256 e. The van der Waals surface area contributed by atoms with Crippen LogP contribution in [0.3, 0.4) is 0 Å². The average molecular weight is 637 g/mol. The normalized spacial score (nSPS) is 12.5. The highest BCUT2D eigenvalue weighted by Gasteiger charge is 2.11. The highest BCUT2D eigenvalue weighted by atomic mass is 32.2. The molecule has 0 unspecified atom stereocenters. The van der Waals surface area contributed by atoms with E-state index >= 15 is 0 Å². The first kappa shape index (κ1) is 31.3. The van der Waals surface area contributed by atoms with Gasteiger partial charge in [-0.1, -0.05) is 108 Å². The molecule has 6 rings (SSSR count). The summed E-state index contributed by atoms with van der Waals surface area (Å²) in [4.78, 5) is 12.1. The van der Waals surface area contributed by atoms with Crippen LogP contribution in [0.15, 0.2) is 129 Å². The van der Waals surface area contributed by atoms with E-state index in [9.17, 15) is 0 Å². The second kappa shape index (κ2) is 12.3. The lowest BCUT2D eigenvalue weighted by Crippen LogP contribution is -1.93. The topological polar surface area (TPSA) is 24.7 Å². The lowest BCUT2D eigenvalue weighted by molar-refractivity contribution is 1.39. The summed E-state index contributed by atoms with van der Waals surface area (Å²) < 4.78 is 0. The minimum Gasteiger partial charge on any atom is -0.256 e. The molecule has 0 radical (unpaired) electrons. The molecule has 0 spiro atoms.